The van der Waals surface area contributed by atoms with Crippen molar-refractivity contribution in [2.24, 2.45) is 5.84 Å². The molecule has 9 nitrogen and oxygen atoms in total. The number of hydrogen-bond acceptors (Lipinski definition) is 9. The van der Waals surface area contributed by atoms with E-state index < -0.39 is 0 Å². The van der Waals surface area contributed by atoms with Gasteiger partial charge >= 0.3 is 0 Å². The van der Waals surface area contributed by atoms with E-state index in [-0.39, 0.29) is 0 Å². The van der Waals surface area contributed by atoms with Crippen LogP contribution in [0.2, 0.25) is 0 Å². The van der Waals surface area contributed by atoms with Crippen molar-refractivity contribution in [3.8, 4) is 0 Å². The van der Waals surface area contributed by atoms with Crippen molar-refractivity contribution >= 4 is 23.7 Å². The Labute approximate surface area is 119 Å². The van der Waals surface area contributed by atoms with Crippen molar-refractivity contribution in [1.82, 2.24) is 24.9 Å². The molecular weight excluding hydrogens is 280 g/mol. The second kappa shape index (κ2) is 6.03. The van der Waals surface area contributed by atoms with Crippen LogP contribution in [-0.2, 0) is 4.74 Å². The molecular formula is C10H14N8OS. The number of anilines is 2. The van der Waals surface area contributed by atoms with E-state index in [9.17, 15) is 0 Å². The second-order valence-corrected chi connectivity index (χ2v) is 4.94. The number of aromatic nitrogens is 5. The number of ether oxygens (including phenoxy) is 1. The normalized spacial score (nSPS) is 15.3. The monoisotopic (exact) mass is 294 g/mol. The molecule has 0 radical (unpaired) electrons. The Bertz CT molecular complexity index is 556. The maximum Gasteiger partial charge on any atom is 0.242 e. The summed E-state index contributed by atoms with van der Waals surface area (Å²) in [4.78, 5) is 22.1. The van der Waals surface area contributed by atoms with Crippen LogP contribution in [0.5, 0.6) is 0 Å². The lowest BCUT2D eigenvalue weighted by atomic mass is 10.4. The third-order valence-corrected chi connectivity index (χ3v) is 3.47. The van der Waals surface area contributed by atoms with Gasteiger partial charge in [0.1, 0.15) is 0 Å². The number of morpholine rings is 1. The lowest BCUT2D eigenvalue weighted by Crippen LogP contribution is -2.37. The van der Waals surface area contributed by atoms with Crippen LogP contribution in [0.4, 0.5) is 11.9 Å². The Hall–Kier alpha value is -1.91. The summed E-state index contributed by atoms with van der Waals surface area (Å²) < 4.78 is 5.32. The van der Waals surface area contributed by atoms with Crippen molar-refractivity contribution in [2.45, 2.75) is 10.3 Å². The van der Waals surface area contributed by atoms with Crippen molar-refractivity contribution in [2.75, 3.05) is 36.6 Å². The largest absolute Gasteiger partial charge is 0.378 e. The molecule has 1 aliphatic heterocycles. The number of hydrogen-bond donors (Lipinski definition) is 3. The highest BCUT2D eigenvalue weighted by Crippen LogP contribution is 2.23. The standard InChI is InChI=1S/C10H14N8OS/c11-17-7-14-8(18-3-5-19-6-4-18)16-10(15-7)20-9-12-1-2-13-9/h1-2H,3-6,11H2,(H,12,13)(H,14,15,16,17). The number of aromatic amines is 1. The molecule has 2 aromatic heterocycles. The van der Waals surface area contributed by atoms with Crippen LogP contribution in [0, 0.1) is 0 Å². The molecule has 1 aliphatic rings. The van der Waals surface area contributed by atoms with Crippen molar-refractivity contribution in [1.29, 1.82) is 0 Å². The molecule has 3 rings (SSSR count). The molecule has 10 heteroatoms. The topological polar surface area (TPSA) is 118 Å². The molecule has 4 N–H and O–H groups in total. The minimum Gasteiger partial charge on any atom is -0.378 e. The summed E-state index contributed by atoms with van der Waals surface area (Å²) in [5, 5.41) is 1.25. The van der Waals surface area contributed by atoms with Crippen LogP contribution in [0.15, 0.2) is 22.7 Å². The van der Waals surface area contributed by atoms with E-state index in [0.717, 1.165) is 13.1 Å². The van der Waals surface area contributed by atoms with Crippen LogP contribution in [-0.4, -0.2) is 51.2 Å². The van der Waals surface area contributed by atoms with Gasteiger partial charge in [-0.15, -0.1) is 0 Å². The van der Waals surface area contributed by atoms with E-state index in [1.54, 1.807) is 12.4 Å². The fourth-order valence-electron chi connectivity index (χ4n) is 1.75. The Morgan fingerprint density at radius 1 is 1.30 bits per heavy atom. The SMILES string of the molecule is NNc1nc(Sc2ncc[nH]2)nc(N2CCOCC2)n1. The molecule has 0 unspecified atom stereocenters. The van der Waals surface area contributed by atoms with E-state index in [2.05, 4.69) is 30.3 Å². The average molecular weight is 294 g/mol. The van der Waals surface area contributed by atoms with Gasteiger partial charge in [0.25, 0.3) is 0 Å². The second-order valence-electron chi connectivity index (χ2n) is 3.98. The fraction of sp³-hybridized carbons (Fsp3) is 0.400. The van der Waals surface area contributed by atoms with Crippen LogP contribution < -0.4 is 16.2 Å². The Morgan fingerprint density at radius 3 is 2.85 bits per heavy atom. The molecule has 0 aromatic carbocycles. The zero-order valence-corrected chi connectivity index (χ0v) is 11.4. The molecule has 0 aliphatic carbocycles. The van der Waals surface area contributed by atoms with Crippen LogP contribution in [0.25, 0.3) is 0 Å². The molecule has 1 fully saturated rings. The summed E-state index contributed by atoms with van der Waals surface area (Å²) in [7, 11) is 0. The molecule has 3 heterocycles. The summed E-state index contributed by atoms with van der Waals surface area (Å²) in [6.07, 6.45) is 3.42. The third kappa shape index (κ3) is 2.98. The van der Waals surface area contributed by atoms with E-state index in [4.69, 9.17) is 10.6 Å². The highest BCUT2D eigenvalue weighted by molar-refractivity contribution is 7.99. The summed E-state index contributed by atoms with van der Waals surface area (Å²) in [6, 6.07) is 0. The van der Waals surface area contributed by atoms with Gasteiger partial charge in [-0.1, -0.05) is 0 Å². The first-order valence-electron chi connectivity index (χ1n) is 6.08. The van der Waals surface area contributed by atoms with E-state index >= 15 is 0 Å². The Kier molecular flexibility index (Phi) is 3.95. The molecule has 20 heavy (non-hydrogen) atoms. The number of imidazole rings is 1. The van der Waals surface area contributed by atoms with Gasteiger partial charge in [0.15, 0.2) is 5.16 Å². The van der Waals surface area contributed by atoms with Gasteiger partial charge in [-0.3, -0.25) is 5.43 Å². The summed E-state index contributed by atoms with van der Waals surface area (Å²) >= 11 is 1.32. The quantitative estimate of drug-likeness (QED) is 0.523. The van der Waals surface area contributed by atoms with Crippen LogP contribution >= 0.6 is 11.8 Å². The zero-order valence-electron chi connectivity index (χ0n) is 10.6. The van der Waals surface area contributed by atoms with Gasteiger partial charge in [0.05, 0.1) is 13.2 Å². The maximum absolute atomic E-state index is 5.41. The number of nitrogens with one attached hydrogen (secondary N) is 2. The molecule has 0 atom stereocenters. The van der Waals surface area contributed by atoms with Crippen LogP contribution in [0.3, 0.4) is 0 Å². The summed E-state index contributed by atoms with van der Waals surface area (Å²) in [5.41, 5.74) is 2.46. The van der Waals surface area contributed by atoms with Gasteiger partial charge in [0.2, 0.25) is 17.1 Å². The minimum atomic E-state index is 0.329. The fourth-order valence-corrected chi connectivity index (χ4v) is 2.43. The number of nitrogens with zero attached hydrogens (tertiary/aromatic N) is 5. The zero-order chi connectivity index (χ0) is 13.8. The van der Waals surface area contributed by atoms with Gasteiger partial charge in [0, 0.05) is 25.5 Å². The average Bonchev–Trinajstić information content (AvgIpc) is 3.00. The molecule has 0 bridgehead atoms. The van der Waals surface area contributed by atoms with Gasteiger partial charge in [-0.25, -0.2) is 10.8 Å². The van der Waals surface area contributed by atoms with Crippen molar-refractivity contribution in [3.63, 3.8) is 0 Å². The third-order valence-electron chi connectivity index (χ3n) is 2.69. The molecule has 1 saturated heterocycles. The molecule has 0 saturated carbocycles. The minimum absolute atomic E-state index is 0.329. The lowest BCUT2D eigenvalue weighted by molar-refractivity contribution is 0.122. The smallest absolute Gasteiger partial charge is 0.242 e. The highest BCUT2D eigenvalue weighted by Gasteiger charge is 2.17. The summed E-state index contributed by atoms with van der Waals surface area (Å²) in [5.74, 6) is 6.33. The predicted molar refractivity (Wildman–Crippen MR) is 73.4 cm³/mol. The van der Waals surface area contributed by atoms with Gasteiger partial charge in [-0.2, -0.15) is 15.0 Å². The van der Waals surface area contributed by atoms with E-state index in [0.29, 0.717) is 35.4 Å². The molecule has 106 valence electrons. The van der Waals surface area contributed by atoms with Gasteiger partial charge in [-0.05, 0) is 11.8 Å². The maximum atomic E-state index is 5.41. The number of hydrazine groups is 1. The molecule has 0 spiro atoms. The Balaban J connectivity index is 1.85. The predicted octanol–water partition coefficient (Wildman–Crippen LogP) is -0.132. The van der Waals surface area contributed by atoms with Crippen molar-refractivity contribution < 1.29 is 4.74 Å². The highest BCUT2D eigenvalue weighted by atomic mass is 32.2. The first kappa shape index (κ1) is 13.1. The molecule has 2 aromatic rings. The first-order valence-corrected chi connectivity index (χ1v) is 6.89. The van der Waals surface area contributed by atoms with Crippen LogP contribution in [0.1, 0.15) is 0 Å². The number of rotatable bonds is 4. The van der Waals surface area contributed by atoms with Gasteiger partial charge < -0.3 is 14.6 Å². The van der Waals surface area contributed by atoms with E-state index in [1.807, 2.05) is 4.90 Å². The molecule has 0 amide bonds. The number of nitrogens with two attached hydrogens (primary N) is 1. The van der Waals surface area contributed by atoms with Crippen molar-refractivity contribution in [3.05, 3.63) is 12.4 Å². The Morgan fingerprint density at radius 2 is 2.15 bits per heavy atom. The summed E-state index contributed by atoms with van der Waals surface area (Å²) in [6.45, 7) is 2.83. The first-order chi connectivity index (χ1) is 9.85. The van der Waals surface area contributed by atoms with E-state index in [1.165, 1.54) is 11.8 Å². The lowest BCUT2D eigenvalue weighted by Gasteiger charge is -2.26. The number of nitrogen functional groups attached to an aromatic ring is 1. The number of H-pyrrole nitrogens is 1.